The number of ether oxygens (including phenoxy) is 2. The summed E-state index contributed by atoms with van der Waals surface area (Å²) in [4.78, 5) is 28.9. The van der Waals surface area contributed by atoms with E-state index in [4.69, 9.17) is 9.47 Å². The van der Waals surface area contributed by atoms with Crippen LogP contribution in [-0.2, 0) is 20.7 Å². The summed E-state index contributed by atoms with van der Waals surface area (Å²) in [5, 5.41) is 2.88. The van der Waals surface area contributed by atoms with Crippen LogP contribution in [-0.4, -0.2) is 72.6 Å². The fourth-order valence-electron chi connectivity index (χ4n) is 5.09. The van der Waals surface area contributed by atoms with Crippen molar-refractivity contribution in [2.75, 3.05) is 38.1 Å². The van der Waals surface area contributed by atoms with Gasteiger partial charge in [0.1, 0.15) is 5.75 Å². The first kappa shape index (κ1) is 22.1. The Morgan fingerprint density at radius 3 is 2.84 bits per heavy atom. The number of aryl methyl sites for hydroxylation is 1. The van der Waals surface area contributed by atoms with E-state index in [2.05, 4.69) is 29.0 Å². The molecule has 3 unspecified atom stereocenters. The minimum atomic E-state index is 0.0672. The molecule has 0 aromatic heterocycles. The minimum absolute atomic E-state index is 0.0672. The van der Waals surface area contributed by atoms with Crippen molar-refractivity contribution in [1.82, 2.24) is 9.80 Å². The van der Waals surface area contributed by atoms with E-state index in [9.17, 15) is 9.59 Å². The van der Waals surface area contributed by atoms with Crippen molar-refractivity contribution in [3.8, 4) is 5.75 Å². The van der Waals surface area contributed by atoms with Gasteiger partial charge in [0.15, 0.2) is 0 Å². The molecule has 7 nitrogen and oxygen atoms in total. The number of nitrogens with one attached hydrogen (secondary N) is 1. The molecule has 1 aromatic rings. The molecule has 0 bridgehead atoms. The van der Waals surface area contributed by atoms with Crippen LogP contribution in [0.3, 0.4) is 0 Å². The van der Waals surface area contributed by atoms with Crippen molar-refractivity contribution in [3.63, 3.8) is 0 Å². The zero-order valence-electron chi connectivity index (χ0n) is 18.8. The van der Waals surface area contributed by atoms with Crippen molar-refractivity contribution in [2.45, 2.75) is 70.6 Å². The van der Waals surface area contributed by atoms with E-state index >= 15 is 0 Å². The monoisotopic (exact) mass is 429 g/mol. The number of amides is 2. The highest BCUT2D eigenvalue weighted by Gasteiger charge is 2.32. The average molecular weight is 430 g/mol. The third kappa shape index (κ3) is 5.77. The van der Waals surface area contributed by atoms with E-state index in [1.54, 1.807) is 0 Å². The number of hydrogen-bond donors (Lipinski definition) is 1. The molecule has 2 saturated heterocycles. The van der Waals surface area contributed by atoms with Gasteiger partial charge in [-0.2, -0.15) is 0 Å². The van der Waals surface area contributed by atoms with Crippen molar-refractivity contribution in [3.05, 3.63) is 23.8 Å². The van der Waals surface area contributed by atoms with E-state index in [0.29, 0.717) is 31.9 Å². The van der Waals surface area contributed by atoms with E-state index in [0.717, 1.165) is 62.4 Å². The van der Waals surface area contributed by atoms with Crippen LogP contribution in [0.1, 0.15) is 51.5 Å². The summed E-state index contributed by atoms with van der Waals surface area (Å²) in [6.45, 7) is 8.48. The predicted molar refractivity (Wildman–Crippen MR) is 119 cm³/mol. The smallest absolute Gasteiger partial charge is 0.224 e. The molecule has 4 rings (SSSR count). The maximum atomic E-state index is 12.8. The molecule has 1 aromatic carbocycles. The number of fused-ring (bicyclic) bond motifs is 1. The van der Waals surface area contributed by atoms with Gasteiger partial charge in [0.25, 0.3) is 0 Å². The lowest BCUT2D eigenvalue weighted by molar-refractivity contribution is -0.133. The number of nitrogens with zero attached hydrogens (tertiary/aromatic N) is 2. The molecule has 3 heterocycles. The quantitative estimate of drug-likeness (QED) is 0.675. The van der Waals surface area contributed by atoms with Gasteiger partial charge in [0.2, 0.25) is 11.8 Å². The average Bonchev–Trinajstić information content (AvgIpc) is 3.18. The Kier molecular flexibility index (Phi) is 7.13. The van der Waals surface area contributed by atoms with Gasteiger partial charge in [-0.1, -0.05) is 0 Å². The van der Waals surface area contributed by atoms with Crippen molar-refractivity contribution in [1.29, 1.82) is 0 Å². The fourth-order valence-corrected chi connectivity index (χ4v) is 5.09. The van der Waals surface area contributed by atoms with Gasteiger partial charge < -0.3 is 19.7 Å². The van der Waals surface area contributed by atoms with Crippen LogP contribution >= 0.6 is 0 Å². The molecule has 0 radical (unpaired) electrons. The predicted octanol–water partition coefficient (Wildman–Crippen LogP) is 2.83. The van der Waals surface area contributed by atoms with Crippen molar-refractivity contribution < 1.29 is 19.1 Å². The van der Waals surface area contributed by atoms with Gasteiger partial charge in [-0.3, -0.25) is 14.5 Å². The number of benzene rings is 1. The second-order valence-corrected chi connectivity index (χ2v) is 9.18. The summed E-state index contributed by atoms with van der Waals surface area (Å²) < 4.78 is 11.7. The van der Waals surface area contributed by atoms with Crippen LogP contribution in [0, 0.1) is 0 Å². The number of rotatable bonds is 7. The number of anilines is 1. The van der Waals surface area contributed by atoms with E-state index in [1.807, 2.05) is 18.2 Å². The Morgan fingerprint density at radius 2 is 2.03 bits per heavy atom. The Labute approximate surface area is 185 Å². The number of hydrogen-bond acceptors (Lipinski definition) is 5. The molecule has 0 saturated carbocycles. The highest BCUT2D eigenvalue weighted by atomic mass is 16.5. The number of carbonyl (C=O) groups is 2. The zero-order chi connectivity index (χ0) is 21.8. The summed E-state index contributed by atoms with van der Waals surface area (Å²) in [6, 6.07) is 6.10. The highest BCUT2D eigenvalue weighted by Crippen LogP contribution is 2.27. The lowest BCUT2D eigenvalue weighted by Crippen LogP contribution is -2.50. The zero-order valence-corrected chi connectivity index (χ0v) is 18.8. The second-order valence-electron chi connectivity index (χ2n) is 9.18. The van der Waals surface area contributed by atoms with Gasteiger partial charge >= 0.3 is 0 Å². The van der Waals surface area contributed by atoms with Gasteiger partial charge in [0, 0.05) is 50.7 Å². The maximum absolute atomic E-state index is 12.8. The molecule has 2 fully saturated rings. The lowest BCUT2D eigenvalue weighted by atomic mass is 10.0. The van der Waals surface area contributed by atoms with Crippen LogP contribution in [0.4, 0.5) is 5.69 Å². The van der Waals surface area contributed by atoms with Crippen LogP contribution in [0.5, 0.6) is 5.75 Å². The molecular formula is C24H35N3O4. The second kappa shape index (κ2) is 10.0. The van der Waals surface area contributed by atoms with Gasteiger partial charge in [-0.15, -0.1) is 0 Å². The van der Waals surface area contributed by atoms with Gasteiger partial charge in [-0.25, -0.2) is 0 Å². The molecular weight excluding hydrogens is 394 g/mol. The summed E-state index contributed by atoms with van der Waals surface area (Å²) in [7, 11) is 0. The lowest BCUT2D eigenvalue weighted by Gasteiger charge is -2.38. The standard InChI is InChI=1S/C24H35N3O4/c1-17-14-26(15-18(2)31-17)16-20-5-3-11-27(20)24(29)6-4-12-30-21-8-9-22-19(13-21)7-10-23(28)25-22/h8-9,13,17-18,20H,3-7,10-12,14-16H2,1-2H3,(H,25,28). The van der Waals surface area contributed by atoms with Crippen LogP contribution in [0.15, 0.2) is 18.2 Å². The summed E-state index contributed by atoms with van der Waals surface area (Å²) >= 11 is 0. The molecule has 0 aliphatic carbocycles. The normalized spacial score (nSPS) is 26.5. The molecule has 0 spiro atoms. The van der Waals surface area contributed by atoms with E-state index in [1.165, 1.54) is 0 Å². The van der Waals surface area contributed by atoms with Crippen LogP contribution in [0.25, 0.3) is 0 Å². The summed E-state index contributed by atoms with van der Waals surface area (Å²) in [5.74, 6) is 1.11. The topological polar surface area (TPSA) is 71.1 Å². The maximum Gasteiger partial charge on any atom is 0.224 e. The third-order valence-electron chi connectivity index (χ3n) is 6.44. The Hall–Kier alpha value is -2.12. The summed E-state index contributed by atoms with van der Waals surface area (Å²) in [6.07, 6.45) is 5.19. The van der Waals surface area contributed by atoms with Crippen LogP contribution < -0.4 is 10.1 Å². The molecule has 1 N–H and O–H groups in total. The molecule has 3 aliphatic rings. The number of morpholine rings is 1. The minimum Gasteiger partial charge on any atom is -0.494 e. The number of likely N-dealkylation sites (tertiary alicyclic amines) is 1. The Bertz CT molecular complexity index is 789. The van der Waals surface area contributed by atoms with E-state index in [-0.39, 0.29) is 24.0 Å². The number of carbonyl (C=O) groups excluding carboxylic acids is 2. The molecule has 3 atom stereocenters. The largest absolute Gasteiger partial charge is 0.494 e. The van der Waals surface area contributed by atoms with Crippen molar-refractivity contribution in [2.24, 2.45) is 0 Å². The molecule has 31 heavy (non-hydrogen) atoms. The van der Waals surface area contributed by atoms with E-state index < -0.39 is 0 Å². The van der Waals surface area contributed by atoms with Crippen molar-refractivity contribution >= 4 is 17.5 Å². The summed E-state index contributed by atoms with van der Waals surface area (Å²) in [5.41, 5.74) is 1.99. The van der Waals surface area contributed by atoms with Gasteiger partial charge in [-0.05, 0) is 63.3 Å². The fraction of sp³-hybridized carbons (Fsp3) is 0.667. The molecule has 2 amide bonds. The first-order valence-electron chi connectivity index (χ1n) is 11.7. The SMILES string of the molecule is CC1CN(CC2CCCN2C(=O)CCCOc2ccc3c(c2)CCC(=O)N3)CC(C)O1. The molecule has 170 valence electrons. The molecule has 7 heteroatoms. The Balaban J connectivity index is 1.21. The highest BCUT2D eigenvalue weighted by molar-refractivity contribution is 5.94. The third-order valence-corrected chi connectivity index (χ3v) is 6.44. The Morgan fingerprint density at radius 1 is 1.23 bits per heavy atom. The first-order valence-corrected chi connectivity index (χ1v) is 11.7. The van der Waals surface area contributed by atoms with Crippen LogP contribution in [0.2, 0.25) is 0 Å². The van der Waals surface area contributed by atoms with Gasteiger partial charge in [0.05, 0.1) is 18.8 Å². The molecule has 3 aliphatic heterocycles. The first-order chi connectivity index (χ1) is 15.0.